The van der Waals surface area contributed by atoms with E-state index in [1.807, 2.05) is 40.5 Å². The standard InChI is InChI=1S/2C5H12S.2C3H7.Sn/c2*1-2-3-4-5-6;2*1-3-2;/h2*6H,2-5H2,1H3;2*3H,1-2H3;/q;;;;+2/p-2. The van der Waals surface area contributed by atoms with E-state index in [2.05, 4.69) is 13.8 Å². The molecule has 116 valence electrons. The summed E-state index contributed by atoms with van der Waals surface area (Å²) in [5.74, 6) is 1.88. The topological polar surface area (TPSA) is 0 Å². The molecule has 0 fully saturated rings. The van der Waals surface area contributed by atoms with Crippen LogP contribution in [0.3, 0.4) is 0 Å². The van der Waals surface area contributed by atoms with Gasteiger partial charge in [0, 0.05) is 0 Å². The van der Waals surface area contributed by atoms with Crippen molar-refractivity contribution in [1.82, 2.24) is 0 Å². The van der Waals surface area contributed by atoms with E-state index in [1.165, 1.54) is 38.5 Å². The molecule has 0 nitrogen and oxygen atoms in total. The molecule has 0 aromatic carbocycles. The normalized spacial score (nSPS) is 7.58. The predicted octanol–water partition coefficient (Wildman–Crippen LogP) is 5.53. The Morgan fingerprint density at radius 1 is 0.632 bits per heavy atom. The van der Waals surface area contributed by atoms with Gasteiger partial charge in [-0.2, -0.15) is 11.5 Å². The summed E-state index contributed by atoms with van der Waals surface area (Å²) in [5, 5.41) is 0. The third-order valence-corrected chi connectivity index (χ3v) is 2.07. The maximum absolute atomic E-state index is 4.72. The monoisotopic (exact) mass is 412 g/mol. The van der Waals surface area contributed by atoms with Crippen molar-refractivity contribution in [3.05, 3.63) is 12.8 Å². The van der Waals surface area contributed by atoms with E-state index in [0.717, 1.165) is 11.5 Å². The molecule has 0 unspecified atom stereocenters. The quantitative estimate of drug-likeness (QED) is 0.320. The van der Waals surface area contributed by atoms with Gasteiger partial charge in [0.1, 0.15) is 0 Å². The molecule has 0 N–H and O–H groups in total. The molecule has 0 saturated heterocycles. The summed E-state index contributed by atoms with van der Waals surface area (Å²) in [4.78, 5) is 0. The van der Waals surface area contributed by atoms with Crippen molar-refractivity contribution >= 4 is 49.2 Å². The van der Waals surface area contributed by atoms with Crippen LogP contribution in [0.2, 0.25) is 0 Å². The summed E-state index contributed by atoms with van der Waals surface area (Å²) >= 11 is 9.43. The SMILES string of the molecule is CCCCC[S-].CCCCC[S-].C[CH]C.C[CH]C.[Sn+2]. The van der Waals surface area contributed by atoms with E-state index in [0.29, 0.717) is 0 Å². The second kappa shape index (κ2) is 50.5. The van der Waals surface area contributed by atoms with Crippen LogP contribution in [0.5, 0.6) is 0 Å². The molecule has 0 aliphatic rings. The third kappa shape index (κ3) is 106. The van der Waals surface area contributed by atoms with Crippen molar-refractivity contribution < 1.29 is 0 Å². The first-order valence-corrected chi connectivity index (χ1v) is 8.46. The molecule has 0 spiro atoms. The van der Waals surface area contributed by atoms with Crippen molar-refractivity contribution in [2.24, 2.45) is 0 Å². The number of hydrogen-bond acceptors (Lipinski definition) is 2. The van der Waals surface area contributed by atoms with Crippen molar-refractivity contribution in [3.8, 4) is 0 Å². The minimum absolute atomic E-state index is 0. The van der Waals surface area contributed by atoms with Crippen molar-refractivity contribution in [2.45, 2.75) is 80.1 Å². The molecule has 0 aromatic rings. The second-order valence-electron chi connectivity index (χ2n) is 3.98. The van der Waals surface area contributed by atoms with E-state index in [4.69, 9.17) is 25.3 Å². The summed E-state index contributed by atoms with van der Waals surface area (Å²) in [6.45, 7) is 12.4. The van der Waals surface area contributed by atoms with Crippen molar-refractivity contribution in [2.75, 3.05) is 11.5 Å². The molecule has 4 radical (unpaired) electrons. The molecule has 0 amide bonds. The molecule has 0 aromatic heterocycles. The summed E-state index contributed by atoms with van der Waals surface area (Å²) in [7, 11) is 0. The van der Waals surface area contributed by atoms with Crippen LogP contribution in [0.4, 0.5) is 0 Å². The van der Waals surface area contributed by atoms with Crippen LogP contribution in [-0.4, -0.2) is 35.4 Å². The summed E-state index contributed by atoms with van der Waals surface area (Å²) < 4.78 is 0. The van der Waals surface area contributed by atoms with E-state index in [-0.39, 0.29) is 23.9 Å². The van der Waals surface area contributed by atoms with Gasteiger partial charge in [-0.1, -0.05) is 80.1 Å². The Labute approximate surface area is 153 Å². The first-order chi connectivity index (χ1) is 8.66. The Balaban J connectivity index is -0.0000000476. The zero-order chi connectivity index (χ0) is 15.1. The van der Waals surface area contributed by atoms with Gasteiger partial charge in [0.25, 0.3) is 0 Å². The molecular formula is C16H36S2Sn. The first-order valence-electron chi connectivity index (χ1n) is 7.30. The van der Waals surface area contributed by atoms with Gasteiger partial charge >= 0.3 is 23.9 Å². The zero-order valence-electron chi connectivity index (χ0n) is 14.1. The number of rotatable bonds is 6. The van der Waals surface area contributed by atoms with Crippen LogP contribution in [-0.2, 0) is 25.3 Å². The average molecular weight is 411 g/mol. The smallest absolute Gasteiger partial charge is 0.793 e. The van der Waals surface area contributed by atoms with Gasteiger partial charge in [-0.05, 0) is 12.8 Å². The Morgan fingerprint density at radius 2 is 0.842 bits per heavy atom. The molecule has 3 heteroatoms. The van der Waals surface area contributed by atoms with Crippen molar-refractivity contribution in [3.63, 3.8) is 0 Å². The molecule has 0 rings (SSSR count). The molecule has 0 aliphatic heterocycles. The van der Waals surface area contributed by atoms with E-state index in [9.17, 15) is 0 Å². The largest absolute Gasteiger partial charge is 2.00 e. The molecule has 0 saturated carbocycles. The Bertz CT molecular complexity index is 63.1. The van der Waals surface area contributed by atoms with Gasteiger partial charge in [0.15, 0.2) is 0 Å². The Morgan fingerprint density at radius 3 is 0.895 bits per heavy atom. The minimum atomic E-state index is 0. The number of hydrogen-bond donors (Lipinski definition) is 0. The minimum Gasteiger partial charge on any atom is -0.793 e. The molecule has 19 heavy (non-hydrogen) atoms. The van der Waals surface area contributed by atoms with Gasteiger partial charge in [0.2, 0.25) is 0 Å². The summed E-state index contributed by atoms with van der Waals surface area (Å²) in [6, 6.07) is 0. The van der Waals surface area contributed by atoms with Crippen LogP contribution >= 0.6 is 0 Å². The molecule has 0 atom stereocenters. The molecule has 0 aliphatic carbocycles. The van der Waals surface area contributed by atoms with Crippen LogP contribution in [0, 0.1) is 12.8 Å². The maximum Gasteiger partial charge on any atom is 2.00 e. The van der Waals surface area contributed by atoms with Gasteiger partial charge < -0.3 is 25.3 Å². The average Bonchev–Trinajstić information content (AvgIpc) is 2.36. The fourth-order valence-electron chi connectivity index (χ4n) is 0.704. The molecule has 0 bridgehead atoms. The summed E-state index contributed by atoms with van der Waals surface area (Å²) in [6.07, 6.45) is 11.7. The van der Waals surface area contributed by atoms with Crippen LogP contribution in [0.25, 0.3) is 0 Å². The van der Waals surface area contributed by atoms with E-state index < -0.39 is 0 Å². The Kier molecular flexibility index (Phi) is 86.2. The second-order valence-corrected chi connectivity index (χ2v) is 4.79. The van der Waals surface area contributed by atoms with Gasteiger partial charge in [0.05, 0.1) is 0 Å². The zero-order valence-corrected chi connectivity index (χ0v) is 18.6. The van der Waals surface area contributed by atoms with Gasteiger partial charge in [-0.3, -0.25) is 0 Å². The van der Waals surface area contributed by atoms with Crippen LogP contribution in [0.15, 0.2) is 0 Å². The first kappa shape index (κ1) is 32.4. The van der Waals surface area contributed by atoms with Crippen LogP contribution in [0.1, 0.15) is 80.1 Å². The fraction of sp³-hybridized carbons (Fsp3) is 0.875. The van der Waals surface area contributed by atoms with Crippen molar-refractivity contribution in [1.29, 1.82) is 0 Å². The Hall–Kier alpha value is 1.50. The number of unbranched alkanes of at least 4 members (excludes halogenated alkanes) is 4. The third-order valence-electron chi connectivity index (χ3n) is 1.50. The van der Waals surface area contributed by atoms with Gasteiger partial charge in [-0.15, -0.1) is 0 Å². The molecule has 0 heterocycles. The predicted molar refractivity (Wildman–Crippen MR) is 101 cm³/mol. The molecular weight excluding hydrogens is 375 g/mol. The van der Waals surface area contributed by atoms with E-state index in [1.54, 1.807) is 0 Å². The summed E-state index contributed by atoms with van der Waals surface area (Å²) in [5.41, 5.74) is 0. The van der Waals surface area contributed by atoms with Crippen LogP contribution < -0.4 is 0 Å². The van der Waals surface area contributed by atoms with E-state index >= 15 is 0 Å². The maximum atomic E-state index is 4.72. The fourth-order valence-corrected chi connectivity index (χ4v) is 1.11. The van der Waals surface area contributed by atoms with Gasteiger partial charge in [-0.25, -0.2) is 0 Å².